The number of halogens is 4. The highest BCUT2D eigenvalue weighted by atomic mass is 35.6. The highest BCUT2D eigenvalue weighted by Gasteiger charge is 2.30. The number of carbonyl (C=O) groups excluding carboxylic acids is 1. The zero-order valence-corrected chi connectivity index (χ0v) is 21.4. The van der Waals surface area contributed by atoms with Gasteiger partial charge in [0.05, 0.1) is 12.0 Å². The summed E-state index contributed by atoms with van der Waals surface area (Å²) in [5, 5.41) is 2.99. The summed E-state index contributed by atoms with van der Waals surface area (Å²) in [6.45, 7) is 2.49. The second kappa shape index (κ2) is 12.0. The van der Waals surface area contributed by atoms with Crippen molar-refractivity contribution < 1.29 is 26.8 Å². The average Bonchev–Trinajstić information content (AvgIpc) is 3.25. The van der Waals surface area contributed by atoms with Gasteiger partial charge in [-0.05, 0) is 43.4 Å². The van der Waals surface area contributed by atoms with Gasteiger partial charge in [0.25, 0.3) is 0 Å². The van der Waals surface area contributed by atoms with Crippen molar-refractivity contribution in [2.75, 3.05) is 25.0 Å². The Balaban J connectivity index is 0.00000108. The maximum atomic E-state index is 14.3. The number of ether oxygens (including phenoxy) is 1. The van der Waals surface area contributed by atoms with Crippen LogP contribution >= 0.6 is 34.8 Å². The minimum Gasteiger partial charge on any atom is -0.458 e. The van der Waals surface area contributed by atoms with Gasteiger partial charge in [-0.2, -0.15) is 8.42 Å². The average molecular weight is 566 g/mol. The normalized spacial score (nSPS) is 14.3. The number of likely N-dealkylation sites (tertiary alicyclic amines) is 1. The van der Waals surface area contributed by atoms with Crippen LogP contribution in [0.2, 0.25) is 0 Å². The lowest BCUT2D eigenvalue weighted by atomic mass is 9.90. The van der Waals surface area contributed by atoms with Crippen LogP contribution in [0.1, 0.15) is 29.9 Å². The number of aromatic nitrogens is 2. The number of aryl methyl sites for hydroxylation is 1. The Hall–Kier alpha value is -2.47. The van der Waals surface area contributed by atoms with Crippen molar-refractivity contribution in [3.05, 3.63) is 47.7 Å². The van der Waals surface area contributed by atoms with Crippen LogP contribution in [-0.2, 0) is 16.3 Å². The van der Waals surface area contributed by atoms with Gasteiger partial charge in [0.2, 0.25) is 3.79 Å². The maximum absolute atomic E-state index is 14.3. The topological polar surface area (TPSA) is 115 Å². The summed E-state index contributed by atoms with van der Waals surface area (Å²) in [7, 11) is 0. The molecule has 1 aliphatic heterocycles. The molecule has 0 atom stereocenters. The van der Waals surface area contributed by atoms with Crippen LogP contribution in [0.4, 0.5) is 20.7 Å². The number of alkyl halides is 3. The Morgan fingerprint density at radius 3 is 2.60 bits per heavy atom. The van der Waals surface area contributed by atoms with Gasteiger partial charge in [-0.25, -0.2) is 19.2 Å². The van der Waals surface area contributed by atoms with E-state index in [2.05, 4.69) is 15.3 Å². The van der Waals surface area contributed by atoms with Crippen molar-refractivity contribution in [2.24, 2.45) is 0 Å². The number of nitrogens with one attached hydrogen (secondary N) is 1. The molecule has 0 bridgehead atoms. The van der Waals surface area contributed by atoms with Gasteiger partial charge in [0.15, 0.2) is 11.4 Å². The van der Waals surface area contributed by atoms with E-state index >= 15 is 0 Å². The monoisotopic (exact) mass is 564 g/mol. The molecule has 188 valence electrons. The first kappa shape index (κ1) is 27.1. The summed E-state index contributed by atoms with van der Waals surface area (Å²) in [4.78, 5) is 22.3. The van der Waals surface area contributed by atoms with E-state index in [1.54, 1.807) is 17.2 Å². The number of amides is 1. The summed E-state index contributed by atoms with van der Waals surface area (Å²) in [6, 6.07) is 4.91. The van der Waals surface area contributed by atoms with Gasteiger partial charge in [-0.15, -0.1) is 0 Å². The van der Waals surface area contributed by atoms with E-state index < -0.39 is 21.5 Å². The van der Waals surface area contributed by atoms with Crippen LogP contribution < -0.4 is 5.32 Å². The zero-order chi connectivity index (χ0) is 25.6. The third-order valence-electron chi connectivity index (χ3n) is 5.31. The fourth-order valence-electron chi connectivity index (χ4n) is 3.70. The largest absolute Gasteiger partial charge is 0.458 e. The molecule has 3 heterocycles. The first-order valence-electron chi connectivity index (χ1n) is 10.3. The van der Waals surface area contributed by atoms with Crippen molar-refractivity contribution in [3.8, 4) is 0 Å². The van der Waals surface area contributed by atoms with Crippen LogP contribution in [0.5, 0.6) is 0 Å². The molecular formula is C21H20Cl3FN4O5S. The highest BCUT2D eigenvalue weighted by molar-refractivity contribution is 7.51. The zero-order valence-electron chi connectivity index (χ0n) is 18.3. The van der Waals surface area contributed by atoms with Gasteiger partial charge in [-0.3, -0.25) is 0 Å². The third-order valence-corrected chi connectivity index (χ3v) is 5.64. The summed E-state index contributed by atoms with van der Waals surface area (Å²) in [6.07, 6.45) is 3.94. The van der Waals surface area contributed by atoms with Gasteiger partial charge in [0, 0.05) is 18.7 Å². The molecule has 1 saturated heterocycles. The molecule has 1 amide bonds. The van der Waals surface area contributed by atoms with E-state index in [1.807, 2.05) is 13.0 Å². The smallest absolute Gasteiger partial charge is 0.409 e. The van der Waals surface area contributed by atoms with E-state index in [0.717, 1.165) is 11.1 Å². The Labute approximate surface area is 218 Å². The van der Waals surface area contributed by atoms with Crippen molar-refractivity contribution in [1.29, 1.82) is 0 Å². The fraction of sp³-hybridized carbons (Fsp3) is 0.381. The minimum absolute atomic E-state index is 0.132. The lowest BCUT2D eigenvalue weighted by molar-refractivity contribution is 0.0942. The van der Waals surface area contributed by atoms with Crippen LogP contribution in [0.3, 0.4) is 0 Å². The van der Waals surface area contributed by atoms with Crippen molar-refractivity contribution in [3.63, 3.8) is 0 Å². The van der Waals surface area contributed by atoms with E-state index in [0.29, 0.717) is 48.5 Å². The van der Waals surface area contributed by atoms with Gasteiger partial charge in [0.1, 0.15) is 24.3 Å². The molecular weight excluding hydrogens is 546 g/mol. The molecule has 2 aromatic heterocycles. The number of anilines is 2. The van der Waals surface area contributed by atoms with Crippen LogP contribution in [0.15, 0.2) is 35.2 Å². The molecule has 14 heteroatoms. The first-order valence-corrected chi connectivity index (χ1v) is 12.1. The molecule has 1 fully saturated rings. The number of carbonyl (C=O) groups is 1. The van der Waals surface area contributed by atoms with E-state index in [9.17, 15) is 9.18 Å². The summed E-state index contributed by atoms with van der Waals surface area (Å²) in [5.74, 6) is 0.140. The molecule has 0 saturated carbocycles. The lowest BCUT2D eigenvalue weighted by Crippen LogP contribution is -2.39. The number of fused-ring (bicyclic) bond motifs is 1. The maximum Gasteiger partial charge on any atom is 0.409 e. The highest BCUT2D eigenvalue weighted by Crippen LogP contribution is 2.36. The quantitative estimate of drug-likeness (QED) is 0.417. The van der Waals surface area contributed by atoms with Crippen LogP contribution in [0, 0.1) is 12.7 Å². The van der Waals surface area contributed by atoms with Gasteiger partial charge in [-0.1, -0.05) is 40.9 Å². The minimum atomic E-state index is -1.64. The Kier molecular flexibility index (Phi) is 9.28. The fourth-order valence-corrected chi connectivity index (χ4v) is 3.87. The number of benzene rings is 1. The molecule has 0 radical (unpaired) electrons. The molecule has 1 aromatic carbocycles. The predicted molar refractivity (Wildman–Crippen MR) is 130 cm³/mol. The molecule has 1 aliphatic rings. The van der Waals surface area contributed by atoms with Crippen molar-refractivity contribution in [2.45, 2.75) is 29.5 Å². The number of rotatable bonds is 4. The molecule has 0 spiro atoms. The molecule has 0 unspecified atom stereocenters. The number of piperidine rings is 1. The van der Waals surface area contributed by atoms with Gasteiger partial charge < -0.3 is 19.4 Å². The third kappa shape index (κ3) is 7.26. The Morgan fingerprint density at radius 2 is 1.97 bits per heavy atom. The van der Waals surface area contributed by atoms with E-state index in [-0.39, 0.29) is 18.3 Å². The van der Waals surface area contributed by atoms with Crippen molar-refractivity contribution in [1.82, 2.24) is 14.9 Å². The molecule has 0 aliphatic carbocycles. The number of hydrogen-bond donors (Lipinski definition) is 1. The van der Waals surface area contributed by atoms with Gasteiger partial charge >= 0.3 is 17.7 Å². The number of furan rings is 1. The Morgan fingerprint density at radius 1 is 1.29 bits per heavy atom. The summed E-state index contributed by atoms with van der Waals surface area (Å²) in [5.41, 5.74) is 3.15. The number of nitrogens with zero attached hydrogens (tertiary/aromatic N) is 3. The molecule has 3 aromatic rings. The Bertz CT molecular complexity index is 1230. The van der Waals surface area contributed by atoms with Crippen molar-refractivity contribution >= 4 is 75.1 Å². The second-order valence-corrected chi connectivity index (χ2v) is 10.4. The van der Waals surface area contributed by atoms with E-state index in [4.69, 9.17) is 52.4 Å². The molecule has 9 nitrogen and oxygen atoms in total. The molecule has 4 rings (SSSR count). The standard InChI is InChI=1S/C21H20Cl3FN4O3.O2S/c1-12-2-3-16(15(25)8-12)28-19-18-17(26-11-27-19)14(9-31-18)13-4-6-29(7-5-13)20(30)32-10-21(22,23)24;1-3-2/h2-3,8-9,11,13H,4-7,10H2,1H3,(H,26,27,28);. The van der Waals surface area contributed by atoms with E-state index in [1.165, 1.54) is 12.4 Å². The van der Waals surface area contributed by atoms with Crippen LogP contribution in [-0.4, -0.2) is 52.9 Å². The summed E-state index contributed by atoms with van der Waals surface area (Å²) >= 11 is 16.1. The first-order chi connectivity index (χ1) is 16.6. The molecule has 1 N–H and O–H groups in total. The lowest BCUT2D eigenvalue weighted by Gasteiger charge is -2.31. The second-order valence-electron chi connectivity index (χ2n) is 7.70. The molecule has 35 heavy (non-hydrogen) atoms. The predicted octanol–water partition coefficient (Wildman–Crippen LogP) is 5.43. The van der Waals surface area contributed by atoms with Crippen LogP contribution in [0.25, 0.3) is 11.1 Å². The SMILES string of the molecule is Cc1ccc(Nc2ncnc3c(C4CCN(C(=O)OCC(Cl)(Cl)Cl)CC4)coc23)c(F)c1.O=S=O. The summed E-state index contributed by atoms with van der Waals surface area (Å²) < 4.78 is 40.0. The number of hydrogen-bond acceptors (Lipinski definition) is 8.